The van der Waals surface area contributed by atoms with Crippen LogP contribution < -0.4 is 0 Å². The molecule has 0 unspecified atom stereocenters. The zero-order chi connectivity index (χ0) is 17.0. The van der Waals surface area contributed by atoms with Crippen molar-refractivity contribution in [2.45, 2.75) is 26.9 Å². The molecule has 0 atom stereocenters. The summed E-state index contributed by atoms with van der Waals surface area (Å²) in [6, 6.07) is 7.05. The molecular formula is C16H17ClN2O4. The largest absolute Gasteiger partial charge is 0.460 e. The fourth-order valence-corrected chi connectivity index (χ4v) is 2.08. The molecule has 2 rings (SSSR count). The zero-order valence-electron chi connectivity index (χ0n) is 13.1. The summed E-state index contributed by atoms with van der Waals surface area (Å²) in [4.78, 5) is 23.5. The van der Waals surface area contributed by atoms with E-state index in [1.54, 1.807) is 49.7 Å². The summed E-state index contributed by atoms with van der Waals surface area (Å²) in [7, 11) is 0. The maximum atomic E-state index is 12.1. The molecule has 0 radical (unpaired) electrons. The van der Waals surface area contributed by atoms with Crippen LogP contribution in [0.2, 0.25) is 5.02 Å². The van der Waals surface area contributed by atoms with Gasteiger partial charge in [-0.25, -0.2) is 14.3 Å². The fourth-order valence-electron chi connectivity index (χ4n) is 1.95. The summed E-state index contributed by atoms with van der Waals surface area (Å²) >= 11 is 5.85. The molecule has 122 valence electrons. The standard InChI is InChI=1S/C16H17ClN2O4/c1-10(2)23-15(20)9-22-16(21)14-8-18-19(11(14)3)13-6-4-12(17)5-7-13/h4-8,10H,9H2,1-3H3. The van der Waals surface area contributed by atoms with Gasteiger partial charge in [0.2, 0.25) is 0 Å². The molecule has 0 N–H and O–H groups in total. The first-order chi connectivity index (χ1) is 10.9. The molecule has 0 amide bonds. The Morgan fingerprint density at radius 3 is 2.52 bits per heavy atom. The van der Waals surface area contributed by atoms with Crippen molar-refractivity contribution in [1.29, 1.82) is 0 Å². The van der Waals surface area contributed by atoms with Crippen LogP contribution in [-0.2, 0) is 14.3 Å². The van der Waals surface area contributed by atoms with E-state index in [0.717, 1.165) is 5.69 Å². The second-order valence-electron chi connectivity index (χ2n) is 5.15. The normalized spacial score (nSPS) is 10.7. The van der Waals surface area contributed by atoms with Crippen molar-refractivity contribution in [1.82, 2.24) is 9.78 Å². The van der Waals surface area contributed by atoms with Crippen molar-refractivity contribution in [2.75, 3.05) is 6.61 Å². The minimum absolute atomic E-state index is 0.254. The summed E-state index contributed by atoms with van der Waals surface area (Å²) in [5.74, 6) is -1.21. The summed E-state index contributed by atoms with van der Waals surface area (Å²) < 4.78 is 11.5. The Morgan fingerprint density at radius 1 is 1.26 bits per heavy atom. The van der Waals surface area contributed by atoms with Crippen LogP contribution in [0.3, 0.4) is 0 Å². The van der Waals surface area contributed by atoms with E-state index in [0.29, 0.717) is 10.7 Å². The van der Waals surface area contributed by atoms with Crippen LogP contribution >= 0.6 is 11.6 Å². The molecule has 1 aromatic heterocycles. The fraction of sp³-hybridized carbons (Fsp3) is 0.312. The van der Waals surface area contributed by atoms with Gasteiger partial charge in [-0.05, 0) is 45.0 Å². The van der Waals surface area contributed by atoms with E-state index >= 15 is 0 Å². The first-order valence-electron chi connectivity index (χ1n) is 7.05. The van der Waals surface area contributed by atoms with Crippen molar-refractivity contribution >= 4 is 23.5 Å². The van der Waals surface area contributed by atoms with Gasteiger partial charge >= 0.3 is 11.9 Å². The van der Waals surface area contributed by atoms with Crippen LogP contribution in [0.1, 0.15) is 29.9 Å². The van der Waals surface area contributed by atoms with Gasteiger partial charge in [-0.15, -0.1) is 0 Å². The average molecular weight is 337 g/mol. The van der Waals surface area contributed by atoms with Crippen molar-refractivity contribution in [2.24, 2.45) is 0 Å². The second-order valence-corrected chi connectivity index (χ2v) is 5.58. The average Bonchev–Trinajstić information content (AvgIpc) is 2.87. The number of nitrogens with zero attached hydrogens (tertiary/aromatic N) is 2. The van der Waals surface area contributed by atoms with E-state index in [4.69, 9.17) is 21.1 Å². The van der Waals surface area contributed by atoms with E-state index in [9.17, 15) is 9.59 Å². The molecule has 0 bridgehead atoms. The van der Waals surface area contributed by atoms with Gasteiger partial charge in [-0.1, -0.05) is 11.6 Å². The highest BCUT2D eigenvalue weighted by Crippen LogP contribution is 2.17. The Hall–Kier alpha value is -2.34. The molecule has 0 saturated heterocycles. The SMILES string of the molecule is Cc1c(C(=O)OCC(=O)OC(C)C)cnn1-c1ccc(Cl)cc1. The molecule has 0 aliphatic heterocycles. The molecule has 6 nitrogen and oxygen atoms in total. The summed E-state index contributed by atoms with van der Waals surface area (Å²) in [5.41, 5.74) is 1.66. The van der Waals surface area contributed by atoms with Crippen molar-refractivity contribution in [3.63, 3.8) is 0 Å². The number of rotatable bonds is 5. The van der Waals surface area contributed by atoms with Crippen molar-refractivity contribution in [3.8, 4) is 5.69 Å². The molecular weight excluding hydrogens is 320 g/mol. The Kier molecular flexibility index (Phi) is 5.39. The third kappa shape index (κ3) is 4.32. The molecule has 1 heterocycles. The van der Waals surface area contributed by atoms with Crippen molar-refractivity contribution < 1.29 is 19.1 Å². The summed E-state index contributed by atoms with van der Waals surface area (Å²) in [6.45, 7) is 4.76. The predicted molar refractivity (Wildman–Crippen MR) is 84.8 cm³/mol. The van der Waals surface area contributed by atoms with Crippen LogP contribution in [0, 0.1) is 6.92 Å². The molecule has 23 heavy (non-hydrogen) atoms. The lowest BCUT2D eigenvalue weighted by molar-refractivity contribution is -0.150. The minimum atomic E-state index is -0.622. The number of hydrogen-bond acceptors (Lipinski definition) is 5. The van der Waals surface area contributed by atoms with Gasteiger partial charge in [0.1, 0.15) is 5.56 Å². The third-order valence-corrected chi connectivity index (χ3v) is 3.24. The number of hydrogen-bond donors (Lipinski definition) is 0. The van der Waals surface area contributed by atoms with Gasteiger partial charge in [0.15, 0.2) is 6.61 Å². The van der Waals surface area contributed by atoms with Crippen LogP contribution in [0.15, 0.2) is 30.5 Å². The lowest BCUT2D eigenvalue weighted by Gasteiger charge is -2.08. The molecule has 7 heteroatoms. The lowest BCUT2D eigenvalue weighted by Crippen LogP contribution is -2.19. The Balaban J connectivity index is 2.08. The highest BCUT2D eigenvalue weighted by atomic mass is 35.5. The van der Waals surface area contributed by atoms with Gasteiger partial charge in [0, 0.05) is 5.02 Å². The number of carbonyl (C=O) groups is 2. The number of carbonyl (C=O) groups excluding carboxylic acids is 2. The number of aromatic nitrogens is 2. The number of esters is 2. The lowest BCUT2D eigenvalue weighted by atomic mass is 10.2. The zero-order valence-corrected chi connectivity index (χ0v) is 13.8. The summed E-state index contributed by atoms with van der Waals surface area (Å²) in [5, 5.41) is 4.78. The van der Waals surface area contributed by atoms with Crippen LogP contribution in [0.4, 0.5) is 0 Å². The van der Waals surface area contributed by atoms with Gasteiger partial charge in [-0.2, -0.15) is 5.10 Å². The molecule has 0 fully saturated rings. The minimum Gasteiger partial charge on any atom is -0.460 e. The topological polar surface area (TPSA) is 70.4 Å². The molecule has 0 saturated carbocycles. The Labute approximate surface area is 139 Å². The Bertz CT molecular complexity index is 707. The highest BCUT2D eigenvalue weighted by molar-refractivity contribution is 6.30. The van der Waals surface area contributed by atoms with Crippen LogP contribution in [-0.4, -0.2) is 34.4 Å². The Morgan fingerprint density at radius 2 is 1.91 bits per heavy atom. The first kappa shape index (κ1) is 17.0. The summed E-state index contributed by atoms with van der Waals surface area (Å²) in [6.07, 6.45) is 1.15. The smallest absolute Gasteiger partial charge is 0.344 e. The quantitative estimate of drug-likeness (QED) is 0.785. The molecule has 1 aromatic carbocycles. The number of halogens is 1. The van der Waals surface area contributed by atoms with E-state index in [-0.39, 0.29) is 11.7 Å². The maximum Gasteiger partial charge on any atom is 0.344 e. The van der Waals surface area contributed by atoms with E-state index < -0.39 is 18.5 Å². The van der Waals surface area contributed by atoms with Gasteiger partial charge < -0.3 is 9.47 Å². The molecule has 0 aliphatic carbocycles. The number of ether oxygens (including phenoxy) is 2. The monoisotopic (exact) mass is 336 g/mol. The highest BCUT2D eigenvalue weighted by Gasteiger charge is 2.18. The first-order valence-corrected chi connectivity index (χ1v) is 7.43. The van der Waals surface area contributed by atoms with Gasteiger partial charge in [0.25, 0.3) is 0 Å². The van der Waals surface area contributed by atoms with E-state index in [1.165, 1.54) is 6.20 Å². The third-order valence-electron chi connectivity index (χ3n) is 2.99. The molecule has 2 aromatic rings. The van der Waals surface area contributed by atoms with Gasteiger partial charge in [-0.3, -0.25) is 0 Å². The van der Waals surface area contributed by atoms with Crippen LogP contribution in [0.25, 0.3) is 5.69 Å². The van der Waals surface area contributed by atoms with E-state index in [1.807, 2.05) is 0 Å². The second kappa shape index (κ2) is 7.28. The number of benzene rings is 1. The van der Waals surface area contributed by atoms with E-state index in [2.05, 4.69) is 5.10 Å². The van der Waals surface area contributed by atoms with Crippen molar-refractivity contribution in [3.05, 3.63) is 46.7 Å². The van der Waals surface area contributed by atoms with Crippen LogP contribution in [0.5, 0.6) is 0 Å². The molecule has 0 aliphatic rings. The molecule has 0 spiro atoms. The maximum absolute atomic E-state index is 12.1. The predicted octanol–water partition coefficient (Wildman–Crippen LogP) is 2.94. The van der Waals surface area contributed by atoms with Gasteiger partial charge in [0.05, 0.1) is 23.7 Å².